The second kappa shape index (κ2) is 3.61. The molecule has 1 saturated heterocycles. The molecule has 1 aromatic heterocycles. The number of thiazole rings is 1. The van der Waals surface area contributed by atoms with Crippen molar-refractivity contribution < 1.29 is 9.84 Å². The van der Waals surface area contributed by atoms with Crippen LogP contribution in [0.25, 0.3) is 0 Å². The second-order valence-corrected chi connectivity index (χ2v) is 4.89. The molecule has 1 fully saturated rings. The SMILES string of the molecule is CCc1nc(C)c(C2(CO)COC2)s1. The average molecular weight is 213 g/mol. The van der Waals surface area contributed by atoms with Crippen molar-refractivity contribution in [2.75, 3.05) is 19.8 Å². The van der Waals surface area contributed by atoms with E-state index in [2.05, 4.69) is 11.9 Å². The minimum absolute atomic E-state index is 0.144. The maximum atomic E-state index is 9.40. The van der Waals surface area contributed by atoms with Crippen LogP contribution in [0, 0.1) is 6.92 Å². The minimum atomic E-state index is -0.144. The fourth-order valence-corrected chi connectivity index (χ4v) is 2.89. The van der Waals surface area contributed by atoms with Gasteiger partial charge in [0, 0.05) is 4.88 Å². The van der Waals surface area contributed by atoms with Crippen molar-refractivity contribution in [1.29, 1.82) is 0 Å². The number of hydrogen-bond acceptors (Lipinski definition) is 4. The van der Waals surface area contributed by atoms with Gasteiger partial charge in [-0.3, -0.25) is 0 Å². The van der Waals surface area contributed by atoms with Gasteiger partial charge in [-0.2, -0.15) is 0 Å². The van der Waals surface area contributed by atoms with Gasteiger partial charge >= 0.3 is 0 Å². The summed E-state index contributed by atoms with van der Waals surface area (Å²) in [7, 11) is 0. The van der Waals surface area contributed by atoms with Crippen molar-refractivity contribution >= 4 is 11.3 Å². The third kappa shape index (κ3) is 1.38. The number of aliphatic hydroxyl groups is 1. The molecule has 4 heteroatoms. The molecular formula is C10H15NO2S. The number of nitrogens with zero attached hydrogens (tertiary/aromatic N) is 1. The summed E-state index contributed by atoms with van der Waals surface area (Å²) in [5, 5.41) is 10.5. The lowest BCUT2D eigenvalue weighted by Crippen LogP contribution is -2.49. The highest BCUT2D eigenvalue weighted by Gasteiger charge is 2.42. The van der Waals surface area contributed by atoms with Gasteiger partial charge in [-0.15, -0.1) is 11.3 Å². The number of rotatable bonds is 3. The maximum absolute atomic E-state index is 9.40. The van der Waals surface area contributed by atoms with Gasteiger partial charge in [-0.25, -0.2) is 4.98 Å². The molecule has 0 aliphatic carbocycles. The third-order valence-electron chi connectivity index (χ3n) is 2.68. The largest absolute Gasteiger partial charge is 0.395 e. The number of aryl methyl sites for hydroxylation is 2. The third-order valence-corrected chi connectivity index (χ3v) is 4.23. The smallest absolute Gasteiger partial charge is 0.0928 e. The van der Waals surface area contributed by atoms with Crippen LogP contribution in [-0.2, 0) is 16.6 Å². The Labute approximate surface area is 87.7 Å². The Bertz CT molecular complexity index is 325. The van der Waals surface area contributed by atoms with Crippen LogP contribution in [0.3, 0.4) is 0 Å². The highest BCUT2D eigenvalue weighted by Crippen LogP contribution is 2.37. The zero-order valence-corrected chi connectivity index (χ0v) is 9.36. The van der Waals surface area contributed by atoms with Gasteiger partial charge in [-0.1, -0.05) is 6.92 Å². The quantitative estimate of drug-likeness (QED) is 0.822. The molecule has 14 heavy (non-hydrogen) atoms. The number of hydrogen-bond donors (Lipinski definition) is 1. The van der Waals surface area contributed by atoms with Crippen LogP contribution in [0.5, 0.6) is 0 Å². The van der Waals surface area contributed by atoms with E-state index < -0.39 is 0 Å². The Balaban J connectivity index is 2.34. The minimum Gasteiger partial charge on any atom is -0.395 e. The highest BCUT2D eigenvalue weighted by atomic mass is 32.1. The molecule has 0 bridgehead atoms. The Hall–Kier alpha value is -0.450. The lowest BCUT2D eigenvalue weighted by molar-refractivity contribution is -0.0827. The fraction of sp³-hybridized carbons (Fsp3) is 0.700. The molecule has 2 heterocycles. The van der Waals surface area contributed by atoms with E-state index in [1.807, 2.05) is 6.92 Å². The average Bonchev–Trinajstić information content (AvgIpc) is 2.48. The molecule has 3 nitrogen and oxygen atoms in total. The Kier molecular flexibility index (Phi) is 2.60. The van der Waals surface area contributed by atoms with Crippen LogP contribution in [-0.4, -0.2) is 29.9 Å². The first kappa shape index (κ1) is 10.1. The summed E-state index contributed by atoms with van der Waals surface area (Å²) in [6.45, 7) is 5.55. The molecule has 1 aliphatic heterocycles. The summed E-state index contributed by atoms with van der Waals surface area (Å²) in [4.78, 5) is 5.69. The van der Waals surface area contributed by atoms with E-state index >= 15 is 0 Å². The second-order valence-electron chi connectivity index (χ2n) is 3.81. The topological polar surface area (TPSA) is 42.4 Å². The van der Waals surface area contributed by atoms with Crippen LogP contribution in [0.1, 0.15) is 22.5 Å². The zero-order valence-electron chi connectivity index (χ0n) is 8.54. The molecule has 1 aliphatic rings. The van der Waals surface area contributed by atoms with Gasteiger partial charge in [0.15, 0.2) is 0 Å². The standard InChI is InChI=1S/C10H15NO2S/c1-3-8-11-7(2)9(14-8)10(4-12)5-13-6-10/h12H,3-6H2,1-2H3. The molecule has 2 rings (SSSR count). The molecule has 0 aromatic carbocycles. The van der Waals surface area contributed by atoms with Gasteiger partial charge in [0.25, 0.3) is 0 Å². The molecule has 0 atom stereocenters. The van der Waals surface area contributed by atoms with E-state index in [9.17, 15) is 5.11 Å². The lowest BCUT2D eigenvalue weighted by Gasteiger charge is -2.39. The van der Waals surface area contributed by atoms with Crippen LogP contribution < -0.4 is 0 Å². The molecule has 78 valence electrons. The van der Waals surface area contributed by atoms with Crippen molar-refractivity contribution in [3.8, 4) is 0 Å². The Morgan fingerprint density at radius 3 is 2.64 bits per heavy atom. The summed E-state index contributed by atoms with van der Waals surface area (Å²) >= 11 is 1.72. The van der Waals surface area contributed by atoms with E-state index in [0.717, 1.165) is 17.1 Å². The lowest BCUT2D eigenvalue weighted by atomic mass is 9.84. The van der Waals surface area contributed by atoms with Gasteiger partial charge in [-0.05, 0) is 13.3 Å². The van der Waals surface area contributed by atoms with Crippen molar-refractivity contribution in [2.24, 2.45) is 0 Å². The molecule has 0 radical (unpaired) electrons. The Morgan fingerprint density at radius 1 is 1.57 bits per heavy atom. The first-order chi connectivity index (χ1) is 6.72. The van der Waals surface area contributed by atoms with E-state index in [4.69, 9.17) is 4.74 Å². The summed E-state index contributed by atoms with van der Waals surface area (Å²) in [6, 6.07) is 0. The maximum Gasteiger partial charge on any atom is 0.0928 e. The number of aromatic nitrogens is 1. The first-order valence-electron chi connectivity index (χ1n) is 4.87. The molecule has 0 unspecified atom stereocenters. The number of aliphatic hydroxyl groups excluding tert-OH is 1. The predicted octanol–water partition coefficient (Wildman–Crippen LogP) is 1.27. The van der Waals surface area contributed by atoms with E-state index in [1.54, 1.807) is 11.3 Å². The van der Waals surface area contributed by atoms with Crippen LogP contribution >= 0.6 is 11.3 Å². The van der Waals surface area contributed by atoms with Gasteiger partial charge in [0.1, 0.15) is 0 Å². The number of ether oxygens (including phenoxy) is 1. The summed E-state index contributed by atoms with van der Waals surface area (Å²) in [5.74, 6) is 0. The molecule has 0 saturated carbocycles. The van der Waals surface area contributed by atoms with Crippen LogP contribution in [0.2, 0.25) is 0 Å². The Morgan fingerprint density at radius 2 is 2.29 bits per heavy atom. The molecule has 0 spiro atoms. The van der Waals surface area contributed by atoms with Crippen LogP contribution in [0.15, 0.2) is 0 Å². The van der Waals surface area contributed by atoms with Gasteiger partial charge < -0.3 is 9.84 Å². The normalized spacial score (nSPS) is 19.4. The van der Waals surface area contributed by atoms with Crippen molar-refractivity contribution in [3.63, 3.8) is 0 Å². The van der Waals surface area contributed by atoms with Crippen molar-refractivity contribution in [2.45, 2.75) is 25.7 Å². The molecule has 0 amide bonds. The van der Waals surface area contributed by atoms with Crippen molar-refractivity contribution in [3.05, 3.63) is 15.6 Å². The van der Waals surface area contributed by atoms with E-state index in [1.165, 1.54) is 4.88 Å². The zero-order chi connectivity index (χ0) is 10.2. The summed E-state index contributed by atoms with van der Waals surface area (Å²) in [5.41, 5.74) is 0.916. The molecular weight excluding hydrogens is 198 g/mol. The van der Waals surface area contributed by atoms with E-state index in [0.29, 0.717) is 13.2 Å². The van der Waals surface area contributed by atoms with Gasteiger partial charge in [0.05, 0.1) is 35.9 Å². The summed E-state index contributed by atoms with van der Waals surface area (Å²) in [6.07, 6.45) is 0.966. The first-order valence-corrected chi connectivity index (χ1v) is 5.69. The summed E-state index contributed by atoms with van der Waals surface area (Å²) < 4.78 is 5.20. The van der Waals surface area contributed by atoms with Gasteiger partial charge in [0.2, 0.25) is 0 Å². The van der Waals surface area contributed by atoms with E-state index in [-0.39, 0.29) is 12.0 Å². The van der Waals surface area contributed by atoms with Crippen molar-refractivity contribution in [1.82, 2.24) is 4.98 Å². The molecule has 1 N–H and O–H groups in total. The fourth-order valence-electron chi connectivity index (χ4n) is 1.74. The van der Waals surface area contributed by atoms with Crippen LogP contribution in [0.4, 0.5) is 0 Å². The highest BCUT2D eigenvalue weighted by molar-refractivity contribution is 7.11. The predicted molar refractivity (Wildman–Crippen MR) is 55.8 cm³/mol. The molecule has 1 aromatic rings. The monoisotopic (exact) mass is 213 g/mol.